The third-order valence-corrected chi connectivity index (χ3v) is 4.08. The largest absolute Gasteiger partial charge is 0.496 e. The SMILES string of the molecule is CCNC1c2cccc(OC)c2SC1C. The van der Waals surface area contributed by atoms with Crippen LogP contribution in [0.4, 0.5) is 0 Å². The molecule has 82 valence electrons. The number of fused-ring (bicyclic) bond motifs is 1. The fourth-order valence-corrected chi connectivity index (χ4v) is 3.42. The highest BCUT2D eigenvalue weighted by Gasteiger charge is 2.31. The van der Waals surface area contributed by atoms with Crippen LogP contribution in [0.25, 0.3) is 0 Å². The molecule has 2 rings (SSSR count). The van der Waals surface area contributed by atoms with E-state index in [0.29, 0.717) is 11.3 Å². The van der Waals surface area contributed by atoms with E-state index in [1.54, 1.807) is 7.11 Å². The highest BCUT2D eigenvalue weighted by atomic mass is 32.2. The Morgan fingerprint density at radius 2 is 2.27 bits per heavy atom. The first-order chi connectivity index (χ1) is 7.27. The lowest BCUT2D eigenvalue weighted by Crippen LogP contribution is -2.25. The molecule has 2 unspecified atom stereocenters. The number of nitrogens with one attached hydrogen (secondary N) is 1. The van der Waals surface area contributed by atoms with Crippen molar-refractivity contribution in [2.45, 2.75) is 30.0 Å². The molecule has 0 spiro atoms. The molecular formula is C12H17NOS. The molecule has 0 bridgehead atoms. The maximum atomic E-state index is 5.38. The Morgan fingerprint density at radius 1 is 1.47 bits per heavy atom. The van der Waals surface area contributed by atoms with Crippen LogP contribution in [0.3, 0.4) is 0 Å². The first-order valence-electron chi connectivity index (χ1n) is 5.34. The Morgan fingerprint density at radius 3 is 2.93 bits per heavy atom. The van der Waals surface area contributed by atoms with Crippen LogP contribution in [0.15, 0.2) is 23.1 Å². The average molecular weight is 223 g/mol. The van der Waals surface area contributed by atoms with E-state index >= 15 is 0 Å². The molecule has 1 heterocycles. The first-order valence-corrected chi connectivity index (χ1v) is 6.22. The van der Waals surface area contributed by atoms with E-state index in [0.717, 1.165) is 12.3 Å². The van der Waals surface area contributed by atoms with Crippen LogP contribution < -0.4 is 10.1 Å². The summed E-state index contributed by atoms with van der Waals surface area (Å²) in [5.41, 5.74) is 1.38. The van der Waals surface area contributed by atoms with Crippen molar-refractivity contribution in [3.8, 4) is 5.75 Å². The zero-order chi connectivity index (χ0) is 10.8. The second kappa shape index (κ2) is 4.45. The van der Waals surface area contributed by atoms with Crippen LogP contribution in [0, 0.1) is 0 Å². The normalized spacial score (nSPS) is 23.9. The van der Waals surface area contributed by atoms with Gasteiger partial charge in [0.05, 0.1) is 12.0 Å². The van der Waals surface area contributed by atoms with Gasteiger partial charge in [0.2, 0.25) is 0 Å². The predicted molar refractivity (Wildman–Crippen MR) is 64.7 cm³/mol. The fourth-order valence-electron chi connectivity index (χ4n) is 2.07. The standard InChI is InChI=1S/C12H17NOS/c1-4-13-11-8(2)15-12-9(11)6-5-7-10(12)14-3/h5-8,11,13H,4H2,1-3H3. The van der Waals surface area contributed by atoms with Crippen LogP contribution in [-0.4, -0.2) is 18.9 Å². The van der Waals surface area contributed by atoms with Gasteiger partial charge in [0.25, 0.3) is 0 Å². The first kappa shape index (κ1) is 10.8. The second-order valence-corrected chi connectivity index (χ2v) is 5.12. The van der Waals surface area contributed by atoms with Gasteiger partial charge in [-0.05, 0) is 18.2 Å². The van der Waals surface area contributed by atoms with E-state index in [9.17, 15) is 0 Å². The maximum Gasteiger partial charge on any atom is 0.132 e. The molecule has 0 saturated heterocycles. The molecule has 2 nitrogen and oxygen atoms in total. The lowest BCUT2D eigenvalue weighted by atomic mass is 10.0. The molecule has 1 aromatic carbocycles. The molecule has 1 aromatic rings. The summed E-state index contributed by atoms with van der Waals surface area (Å²) in [6.45, 7) is 5.42. The summed E-state index contributed by atoms with van der Waals surface area (Å²) in [6, 6.07) is 6.76. The smallest absolute Gasteiger partial charge is 0.132 e. The Bertz CT molecular complexity index is 353. The van der Waals surface area contributed by atoms with Crippen molar-refractivity contribution in [3.63, 3.8) is 0 Å². The quantitative estimate of drug-likeness (QED) is 0.851. The minimum Gasteiger partial charge on any atom is -0.496 e. The number of methoxy groups -OCH3 is 1. The van der Waals surface area contributed by atoms with Crippen molar-refractivity contribution in [1.29, 1.82) is 0 Å². The number of hydrogen-bond donors (Lipinski definition) is 1. The van der Waals surface area contributed by atoms with Crippen LogP contribution in [-0.2, 0) is 0 Å². The van der Waals surface area contributed by atoms with E-state index in [4.69, 9.17) is 4.74 Å². The molecule has 15 heavy (non-hydrogen) atoms. The summed E-state index contributed by atoms with van der Waals surface area (Å²) < 4.78 is 5.38. The van der Waals surface area contributed by atoms with Crippen molar-refractivity contribution >= 4 is 11.8 Å². The van der Waals surface area contributed by atoms with Gasteiger partial charge in [-0.2, -0.15) is 0 Å². The molecule has 0 aromatic heterocycles. The van der Waals surface area contributed by atoms with Gasteiger partial charge in [0.1, 0.15) is 5.75 Å². The van der Waals surface area contributed by atoms with Crippen LogP contribution >= 0.6 is 11.8 Å². The van der Waals surface area contributed by atoms with E-state index in [1.165, 1.54) is 10.5 Å². The number of benzene rings is 1. The molecule has 0 radical (unpaired) electrons. The third-order valence-electron chi connectivity index (χ3n) is 2.76. The van der Waals surface area contributed by atoms with Gasteiger partial charge in [0, 0.05) is 11.3 Å². The summed E-state index contributed by atoms with van der Waals surface area (Å²) in [7, 11) is 1.74. The fraction of sp³-hybridized carbons (Fsp3) is 0.500. The molecule has 3 heteroatoms. The summed E-state index contributed by atoms with van der Waals surface area (Å²) >= 11 is 1.90. The zero-order valence-corrected chi connectivity index (χ0v) is 10.2. The second-order valence-electron chi connectivity index (χ2n) is 3.74. The van der Waals surface area contributed by atoms with E-state index < -0.39 is 0 Å². The lowest BCUT2D eigenvalue weighted by molar-refractivity contribution is 0.403. The highest BCUT2D eigenvalue weighted by molar-refractivity contribution is 8.00. The molecule has 0 fully saturated rings. The number of rotatable bonds is 3. The van der Waals surface area contributed by atoms with Crippen molar-refractivity contribution in [2.24, 2.45) is 0 Å². The van der Waals surface area contributed by atoms with Gasteiger partial charge >= 0.3 is 0 Å². The highest BCUT2D eigenvalue weighted by Crippen LogP contribution is 2.48. The van der Waals surface area contributed by atoms with E-state index in [2.05, 4.69) is 31.3 Å². The van der Waals surface area contributed by atoms with Gasteiger partial charge in [-0.1, -0.05) is 26.0 Å². The Hall–Kier alpha value is -0.670. The van der Waals surface area contributed by atoms with Gasteiger partial charge in [-0.3, -0.25) is 0 Å². The molecule has 1 aliphatic heterocycles. The predicted octanol–water partition coefficient (Wildman–Crippen LogP) is 2.84. The molecule has 2 atom stereocenters. The Balaban J connectivity index is 2.37. The van der Waals surface area contributed by atoms with Gasteiger partial charge in [-0.25, -0.2) is 0 Å². The summed E-state index contributed by atoms with van der Waals surface area (Å²) in [6.07, 6.45) is 0. The summed E-state index contributed by atoms with van der Waals surface area (Å²) in [5, 5.41) is 4.11. The topological polar surface area (TPSA) is 21.3 Å². The van der Waals surface area contributed by atoms with Crippen molar-refractivity contribution in [2.75, 3.05) is 13.7 Å². The summed E-state index contributed by atoms with van der Waals surface area (Å²) in [5.74, 6) is 1.00. The van der Waals surface area contributed by atoms with E-state index in [-0.39, 0.29) is 0 Å². The van der Waals surface area contributed by atoms with Gasteiger partial charge < -0.3 is 10.1 Å². The molecule has 0 aliphatic carbocycles. The average Bonchev–Trinajstić information content (AvgIpc) is 2.56. The van der Waals surface area contributed by atoms with Crippen molar-refractivity contribution in [1.82, 2.24) is 5.32 Å². The zero-order valence-electron chi connectivity index (χ0n) is 9.41. The molecule has 0 saturated carbocycles. The lowest BCUT2D eigenvalue weighted by Gasteiger charge is -2.16. The molecule has 1 aliphatic rings. The third kappa shape index (κ3) is 1.86. The maximum absolute atomic E-state index is 5.38. The minimum atomic E-state index is 0.463. The van der Waals surface area contributed by atoms with Crippen LogP contribution in [0.2, 0.25) is 0 Å². The summed E-state index contributed by atoms with van der Waals surface area (Å²) in [4.78, 5) is 1.30. The van der Waals surface area contributed by atoms with Crippen LogP contribution in [0.1, 0.15) is 25.5 Å². The molecule has 0 amide bonds. The van der Waals surface area contributed by atoms with Gasteiger partial charge in [-0.15, -0.1) is 11.8 Å². The Kier molecular flexibility index (Phi) is 3.22. The molecule has 1 N–H and O–H groups in total. The monoisotopic (exact) mass is 223 g/mol. The number of hydrogen-bond acceptors (Lipinski definition) is 3. The minimum absolute atomic E-state index is 0.463. The number of thioether (sulfide) groups is 1. The Labute approximate surface area is 95.4 Å². The number of ether oxygens (including phenoxy) is 1. The van der Waals surface area contributed by atoms with Crippen molar-refractivity contribution < 1.29 is 4.74 Å². The van der Waals surface area contributed by atoms with E-state index in [1.807, 2.05) is 17.8 Å². The molecular weight excluding hydrogens is 206 g/mol. The van der Waals surface area contributed by atoms with Crippen molar-refractivity contribution in [3.05, 3.63) is 23.8 Å². The van der Waals surface area contributed by atoms with Gasteiger partial charge in [0.15, 0.2) is 0 Å². The van der Waals surface area contributed by atoms with Crippen LogP contribution in [0.5, 0.6) is 5.75 Å².